The van der Waals surface area contributed by atoms with Gasteiger partial charge in [0.15, 0.2) is 0 Å². The maximum absolute atomic E-state index is 11.2. The van der Waals surface area contributed by atoms with Crippen molar-refractivity contribution in [2.45, 2.75) is 6.92 Å². The van der Waals surface area contributed by atoms with Crippen molar-refractivity contribution >= 4 is 28.1 Å². The monoisotopic (exact) mass is 306 g/mol. The number of rotatable bonds is 3. The molecule has 2 rings (SSSR count). The van der Waals surface area contributed by atoms with Crippen molar-refractivity contribution < 1.29 is 0 Å². The number of H-pyrrole nitrogens is 1. The van der Waals surface area contributed by atoms with Crippen LogP contribution in [0.15, 0.2) is 44.7 Å². The van der Waals surface area contributed by atoms with E-state index >= 15 is 0 Å². The molecule has 2 N–H and O–H groups in total. The van der Waals surface area contributed by atoms with Crippen LogP contribution in [-0.4, -0.2) is 16.2 Å². The minimum absolute atomic E-state index is 0.206. The van der Waals surface area contributed by atoms with Crippen molar-refractivity contribution in [3.05, 3.63) is 56.4 Å². The van der Waals surface area contributed by atoms with E-state index in [4.69, 9.17) is 0 Å². The molecule has 0 aliphatic rings. The third kappa shape index (κ3) is 3.53. The number of hydrazone groups is 1. The Morgan fingerprint density at radius 1 is 1.44 bits per heavy atom. The van der Waals surface area contributed by atoms with Crippen LogP contribution in [0, 0.1) is 6.92 Å². The largest absolute Gasteiger partial charge is 0.291 e. The fourth-order valence-corrected chi connectivity index (χ4v) is 1.80. The fraction of sp³-hybridized carbons (Fsp3) is 0.0833. The molecule has 0 spiro atoms. The van der Waals surface area contributed by atoms with Crippen LogP contribution in [0.3, 0.4) is 0 Å². The third-order valence-corrected chi connectivity index (χ3v) is 2.60. The summed E-state index contributed by atoms with van der Waals surface area (Å²) in [6.45, 7) is 1.75. The summed E-state index contributed by atoms with van der Waals surface area (Å²) in [6.07, 6.45) is 1.65. The van der Waals surface area contributed by atoms with Gasteiger partial charge in [-0.25, -0.2) is 10.4 Å². The van der Waals surface area contributed by atoms with Crippen LogP contribution in [0.2, 0.25) is 0 Å². The predicted octanol–water partition coefficient (Wildman–Crippen LogP) is 2.29. The number of nitrogens with one attached hydrogen (secondary N) is 2. The summed E-state index contributed by atoms with van der Waals surface area (Å²) < 4.78 is 0.980. The summed E-state index contributed by atoms with van der Waals surface area (Å²) in [4.78, 5) is 17.8. The Balaban J connectivity index is 2.09. The second-order valence-corrected chi connectivity index (χ2v) is 4.58. The van der Waals surface area contributed by atoms with Crippen molar-refractivity contribution in [1.82, 2.24) is 9.97 Å². The molecule has 18 heavy (non-hydrogen) atoms. The maximum Gasteiger partial charge on any atom is 0.252 e. The second-order valence-electron chi connectivity index (χ2n) is 3.66. The molecule has 0 amide bonds. The number of hydrogen-bond donors (Lipinski definition) is 2. The predicted molar refractivity (Wildman–Crippen MR) is 75.0 cm³/mol. The SMILES string of the molecule is Cc1cc(=O)[nH]c(NN=Cc2cccc(Br)c2)n1. The zero-order valence-corrected chi connectivity index (χ0v) is 11.2. The highest BCUT2D eigenvalue weighted by Gasteiger charge is 1.95. The molecule has 0 aliphatic heterocycles. The Bertz CT molecular complexity index is 636. The van der Waals surface area contributed by atoms with Crippen molar-refractivity contribution in [2.24, 2.45) is 5.10 Å². The lowest BCUT2D eigenvalue weighted by atomic mass is 10.2. The molecule has 0 fully saturated rings. The normalized spacial score (nSPS) is 10.8. The van der Waals surface area contributed by atoms with Gasteiger partial charge in [-0.1, -0.05) is 28.1 Å². The lowest BCUT2D eigenvalue weighted by Gasteiger charge is -1.99. The summed E-state index contributed by atoms with van der Waals surface area (Å²) in [7, 11) is 0. The van der Waals surface area contributed by atoms with Gasteiger partial charge in [0.05, 0.1) is 6.21 Å². The first-order valence-electron chi connectivity index (χ1n) is 5.26. The van der Waals surface area contributed by atoms with Crippen LogP contribution < -0.4 is 11.0 Å². The van der Waals surface area contributed by atoms with E-state index in [1.165, 1.54) is 6.07 Å². The number of hydrogen-bond acceptors (Lipinski definition) is 4. The summed E-state index contributed by atoms with van der Waals surface area (Å²) in [5.74, 6) is 0.325. The molecule has 0 unspecified atom stereocenters. The highest BCUT2D eigenvalue weighted by atomic mass is 79.9. The van der Waals surface area contributed by atoms with E-state index in [2.05, 4.69) is 36.4 Å². The van der Waals surface area contributed by atoms with E-state index in [0.29, 0.717) is 11.6 Å². The number of anilines is 1. The summed E-state index contributed by atoms with van der Waals surface area (Å²) in [5.41, 5.74) is 4.05. The van der Waals surface area contributed by atoms with Crippen LogP contribution >= 0.6 is 15.9 Å². The van der Waals surface area contributed by atoms with Gasteiger partial charge in [0.1, 0.15) is 0 Å². The van der Waals surface area contributed by atoms with Crippen LogP contribution in [0.25, 0.3) is 0 Å². The van der Waals surface area contributed by atoms with Crippen molar-refractivity contribution in [3.63, 3.8) is 0 Å². The van der Waals surface area contributed by atoms with Gasteiger partial charge >= 0.3 is 0 Å². The summed E-state index contributed by atoms with van der Waals surface area (Å²) in [5, 5.41) is 4.01. The molecule has 5 nitrogen and oxygen atoms in total. The Kier molecular flexibility index (Phi) is 3.88. The van der Waals surface area contributed by atoms with Gasteiger partial charge in [-0.2, -0.15) is 5.10 Å². The van der Waals surface area contributed by atoms with Crippen LogP contribution in [0.5, 0.6) is 0 Å². The molecule has 1 heterocycles. The Morgan fingerprint density at radius 3 is 3.00 bits per heavy atom. The Hall–Kier alpha value is -1.95. The summed E-state index contributed by atoms with van der Waals surface area (Å²) >= 11 is 3.38. The molecular weight excluding hydrogens is 296 g/mol. The van der Waals surface area contributed by atoms with E-state index in [9.17, 15) is 4.79 Å². The van der Waals surface area contributed by atoms with Crippen LogP contribution in [0.4, 0.5) is 5.95 Å². The van der Waals surface area contributed by atoms with Gasteiger partial charge in [-0.05, 0) is 24.6 Å². The first kappa shape index (κ1) is 12.5. The smallest absolute Gasteiger partial charge is 0.252 e. The van der Waals surface area contributed by atoms with Crippen LogP contribution in [0.1, 0.15) is 11.3 Å². The van der Waals surface area contributed by atoms with E-state index in [0.717, 1.165) is 10.0 Å². The highest BCUT2D eigenvalue weighted by Crippen LogP contribution is 2.09. The minimum atomic E-state index is -0.206. The van der Waals surface area contributed by atoms with Crippen LogP contribution in [-0.2, 0) is 0 Å². The molecule has 0 atom stereocenters. The number of aromatic nitrogens is 2. The average molecular weight is 307 g/mol. The van der Waals surface area contributed by atoms with Gasteiger partial charge in [-0.3, -0.25) is 9.78 Å². The number of halogens is 1. The summed E-state index contributed by atoms with van der Waals surface area (Å²) in [6, 6.07) is 9.12. The molecule has 0 aliphatic carbocycles. The van der Waals surface area contributed by atoms with E-state index < -0.39 is 0 Å². The molecule has 1 aromatic heterocycles. The molecule has 92 valence electrons. The Morgan fingerprint density at radius 2 is 2.28 bits per heavy atom. The molecule has 0 radical (unpaired) electrons. The van der Waals surface area contributed by atoms with Gasteiger partial charge in [0.2, 0.25) is 5.95 Å². The second kappa shape index (κ2) is 5.59. The molecule has 0 bridgehead atoms. The molecule has 0 saturated heterocycles. The number of aryl methyl sites for hydroxylation is 1. The third-order valence-electron chi connectivity index (χ3n) is 2.10. The number of benzene rings is 1. The molecule has 0 saturated carbocycles. The molecular formula is C12H11BrN4O. The standard InChI is InChI=1S/C12H11BrN4O/c1-8-5-11(18)16-12(15-8)17-14-7-9-3-2-4-10(13)6-9/h2-7H,1H3,(H2,15,16,17,18). The quantitative estimate of drug-likeness (QED) is 0.675. The minimum Gasteiger partial charge on any atom is -0.291 e. The molecule has 2 aromatic rings. The zero-order valence-electron chi connectivity index (χ0n) is 9.64. The topological polar surface area (TPSA) is 70.1 Å². The first-order valence-corrected chi connectivity index (χ1v) is 6.05. The maximum atomic E-state index is 11.2. The zero-order chi connectivity index (χ0) is 13.0. The van der Waals surface area contributed by atoms with E-state index in [1.54, 1.807) is 13.1 Å². The van der Waals surface area contributed by atoms with E-state index in [-0.39, 0.29) is 5.56 Å². The fourth-order valence-electron chi connectivity index (χ4n) is 1.39. The van der Waals surface area contributed by atoms with Gasteiger partial charge in [0, 0.05) is 16.2 Å². The average Bonchev–Trinajstić information content (AvgIpc) is 2.27. The Labute approximate surface area is 112 Å². The van der Waals surface area contributed by atoms with Crippen molar-refractivity contribution in [2.75, 3.05) is 5.43 Å². The van der Waals surface area contributed by atoms with E-state index in [1.807, 2.05) is 24.3 Å². The van der Waals surface area contributed by atoms with Gasteiger partial charge in [-0.15, -0.1) is 0 Å². The molecule has 1 aromatic carbocycles. The first-order chi connectivity index (χ1) is 8.63. The van der Waals surface area contributed by atoms with Gasteiger partial charge < -0.3 is 0 Å². The van der Waals surface area contributed by atoms with Crippen molar-refractivity contribution in [3.8, 4) is 0 Å². The number of aromatic amines is 1. The van der Waals surface area contributed by atoms with Gasteiger partial charge in [0.25, 0.3) is 5.56 Å². The molecule has 6 heteroatoms. The van der Waals surface area contributed by atoms with Crippen molar-refractivity contribution in [1.29, 1.82) is 0 Å². The highest BCUT2D eigenvalue weighted by molar-refractivity contribution is 9.10. The lowest BCUT2D eigenvalue weighted by molar-refractivity contribution is 1.04. The lowest BCUT2D eigenvalue weighted by Crippen LogP contribution is -2.10. The number of nitrogens with zero attached hydrogens (tertiary/aromatic N) is 2.